The standard InChI is InChI=1S/C15H17N5O2S2/c1-8(2)20-13(22)12-10(6-9(3)17-12)18-15(20)24-7-11(21)19-14-16-4-5-23-14/h4-6,8,17H,7H2,1-3H3,(H,16,19,21). The molecule has 0 radical (unpaired) electrons. The quantitative estimate of drug-likeness (QED) is 0.537. The molecule has 0 fully saturated rings. The lowest BCUT2D eigenvalue weighted by Crippen LogP contribution is -2.25. The Bertz CT molecular complexity index is 927. The monoisotopic (exact) mass is 363 g/mol. The summed E-state index contributed by atoms with van der Waals surface area (Å²) >= 11 is 2.61. The fourth-order valence-electron chi connectivity index (χ4n) is 2.32. The molecule has 3 aromatic rings. The maximum atomic E-state index is 12.7. The third-order valence-corrected chi connectivity index (χ3v) is 4.96. The van der Waals surface area contributed by atoms with Gasteiger partial charge in [0.15, 0.2) is 10.3 Å². The zero-order valence-electron chi connectivity index (χ0n) is 13.5. The van der Waals surface area contributed by atoms with Gasteiger partial charge in [-0.1, -0.05) is 11.8 Å². The normalized spacial score (nSPS) is 11.3. The van der Waals surface area contributed by atoms with Crippen LogP contribution in [0.2, 0.25) is 0 Å². The lowest BCUT2D eigenvalue weighted by Gasteiger charge is -2.14. The van der Waals surface area contributed by atoms with E-state index in [1.165, 1.54) is 23.1 Å². The van der Waals surface area contributed by atoms with E-state index in [-0.39, 0.29) is 23.3 Å². The van der Waals surface area contributed by atoms with Gasteiger partial charge in [0.25, 0.3) is 5.56 Å². The van der Waals surface area contributed by atoms with Crippen LogP contribution in [0, 0.1) is 6.92 Å². The SMILES string of the molecule is Cc1cc2nc(SCC(=O)Nc3nccs3)n(C(C)C)c(=O)c2[nH]1. The third-order valence-electron chi connectivity index (χ3n) is 3.31. The van der Waals surface area contributed by atoms with Gasteiger partial charge in [-0.05, 0) is 26.8 Å². The summed E-state index contributed by atoms with van der Waals surface area (Å²) < 4.78 is 1.61. The molecule has 24 heavy (non-hydrogen) atoms. The first-order valence-electron chi connectivity index (χ1n) is 7.39. The number of thioether (sulfide) groups is 1. The van der Waals surface area contributed by atoms with Crippen LogP contribution in [0.4, 0.5) is 5.13 Å². The van der Waals surface area contributed by atoms with Crippen molar-refractivity contribution in [3.05, 3.63) is 33.7 Å². The highest BCUT2D eigenvalue weighted by atomic mass is 32.2. The molecule has 0 aliphatic carbocycles. The Hall–Kier alpha value is -2.13. The molecule has 7 nitrogen and oxygen atoms in total. The lowest BCUT2D eigenvalue weighted by molar-refractivity contribution is -0.113. The topological polar surface area (TPSA) is 92.7 Å². The average molecular weight is 363 g/mol. The minimum absolute atomic E-state index is 0.0532. The van der Waals surface area contributed by atoms with E-state index < -0.39 is 0 Å². The zero-order chi connectivity index (χ0) is 17.3. The maximum absolute atomic E-state index is 12.7. The largest absolute Gasteiger partial charge is 0.353 e. The van der Waals surface area contributed by atoms with Crippen molar-refractivity contribution in [3.63, 3.8) is 0 Å². The number of carbonyl (C=O) groups excluding carboxylic acids is 1. The molecule has 0 aliphatic rings. The summed E-state index contributed by atoms with van der Waals surface area (Å²) in [5, 5.41) is 5.62. The van der Waals surface area contributed by atoms with Crippen LogP contribution in [-0.4, -0.2) is 31.2 Å². The molecule has 3 aromatic heterocycles. The van der Waals surface area contributed by atoms with Crippen LogP contribution < -0.4 is 10.9 Å². The number of thiazole rings is 1. The molecule has 0 bridgehead atoms. The van der Waals surface area contributed by atoms with E-state index in [1.807, 2.05) is 26.8 Å². The average Bonchev–Trinajstić information content (AvgIpc) is 3.13. The first-order chi connectivity index (χ1) is 11.5. The molecule has 0 aromatic carbocycles. The van der Waals surface area contributed by atoms with E-state index in [4.69, 9.17) is 0 Å². The van der Waals surface area contributed by atoms with E-state index in [0.717, 1.165) is 5.69 Å². The van der Waals surface area contributed by atoms with Crippen molar-refractivity contribution < 1.29 is 4.79 Å². The smallest absolute Gasteiger partial charge is 0.278 e. The molecule has 3 heterocycles. The molecule has 0 spiro atoms. The number of hydrogen-bond acceptors (Lipinski definition) is 6. The van der Waals surface area contributed by atoms with Gasteiger partial charge in [0.05, 0.1) is 11.3 Å². The summed E-state index contributed by atoms with van der Waals surface area (Å²) in [5.74, 6) is -0.0157. The van der Waals surface area contributed by atoms with E-state index >= 15 is 0 Å². The Kier molecular flexibility index (Phi) is 4.72. The number of amides is 1. The van der Waals surface area contributed by atoms with Crippen LogP contribution in [0.25, 0.3) is 11.0 Å². The van der Waals surface area contributed by atoms with E-state index in [0.29, 0.717) is 21.3 Å². The van der Waals surface area contributed by atoms with Gasteiger partial charge in [0.2, 0.25) is 5.91 Å². The van der Waals surface area contributed by atoms with Crippen molar-refractivity contribution in [1.29, 1.82) is 0 Å². The van der Waals surface area contributed by atoms with Crippen molar-refractivity contribution in [3.8, 4) is 0 Å². The summed E-state index contributed by atoms with van der Waals surface area (Å²) in [6.45, 7) is 5.73. The molecule has 2 N–H and O–H groups in total. The molecule has 126 valence electrons. The number of carbonyl (C=O) groups is 1. The second-order valence-electron chi connectivity index (χ2n) is 5.55. The van der Waals surface area contributed by atoms with Crippen molar-refractivity contribution in [1.82, 2.24) is 19.5 Å². The van der Waals surface area contributed by atoms with Gasteiger partial charge in [-0.15, -0.1) is 11.3 Å². The second-order valence-corrected chi connectivity index (χ2v) is 7.39. The molecule has 1 amide bonds. The van der Waals surface area contributed by atoms with E-state index in [9.17, 15) is 9.59 Å². The molecule has 0 aliphatic heterocycles. The number of nitrogens with one attached hydrogen (secondary N) is 2. The Morgan fingerprint density at radius 1 is 1.50 bits per heavy atom. The van der Waals surface area contributed by atoms with Gasteiger partial charge in [-0.3, -0.25) is 14.2 Å². The van der Waals surface area contributed by atoms with E-state index in [2.05, 4.69) is 20.3 Å². The first-order valence-corrected chi connectivity index (χ1v) is 9.26. The summed E-state index contributed by atoms with van der Waals surface area (Å²) in [7, 11) is 0. The Morgan fingerprint density at radius 3 is 2.96 bits per heavy atom. The molecule has 0 atom stereocenters. The molecule has 0 saturated carbocycles. The predicted octanol–water partition coefficient (Wildman–Crippen LogP) is 2.80. The number of aromatic amines is 1. The molecule has 0 unspecified atom stereocenters. The maximum Gasteiger partial charge on any atom is 0.278 e. The minimum atomic E-state index is -0.176. The number of aromatic nitrogens is 4. The Morgan fingerprint density at radius 2 is 2.29 bits per heavy atom. The molecular formula is C15H17N5O2S2. The van der Waals surface area contributed by atoms with Gasteiger partial charge >= 0.3 is 0 Å². The Labute approximate surface area is 146 Å². The molecule has 3 rings (SSSR count). The molecular weight excluding hydrogens is 346 g/mol. The van der Waals surface area contributed by atoms with Crippen molar-refractivity contribution >= 4 is 45.2 Å². The van der Waals surface area contributed by atoms with Crippen LogP contribution in [-0.2, 0) is 4.79 Å². The highest BCUT2D eigenvalue weighted by Gasteiger charge is 2.16. The summed E-state index contributed by atoms with van der Waals surface area (Å²) in [6.07, 6.45) is 1.63. The number of fused-ring (bicyclic) bond motifs is 1. The number of rotatable bonds is 5. The highest BCUT2D eigenvalue weighted by molar-refractivity contribution is 7.99. The summed E-state index contributed by atoms with van der Waals surface area (Å²) in [4.78, 5) is 36.3. The van der Waals surface area contributed by atoms with Crippen molar-refractivity contribution in [2.75, 3.05) is 11.1 Å². The van der Waals surface area contributed by atoms with Gasteiger partial charge in [-0.2, -0.15) is 0 Å². The molecule has 9 heteroatoms. The predicted molar refractivity (Wildman–Crippen MR) is 96.9 cm³/mol. The van der Waals surface area contributed by atoms with E-state index in [1.54, 1.807) is 16.1 Å². The number of nitrogens with zero attached hydrogens (tertiary/aromatic N) is 3. The zero-order valence-corrected chi connectivity index (χ0v) is 15.1. The van der Waals surface area contributed by atoms with Crippen LogP contribution in [0.1, 0.15) is 25.6 Å². The van der Waals surface area contributed by atoms with Gasteiger partial charge in [-0.25, -0.2) is 9.97 Å². The van der Waals surface area contributed by atoms with Crippen molar-refractivity contribution in [2.45, 2.75) is 32.0 Å². The number of H-pyrrole nitrogens is 1. The number of hydrogen-bond donors (Lipinski definition) is 2. The first kappa shape index (κ1) is 16.7. The number of anilines is 1. The van der Waals surface area contributed by atoms with Gasteiger partial charge in [0, 0.05) is 23.3 Å². The van der Waals surface area contributed by atoms with Crippen LogP contribution >= 0.6 is 23.1 Å². The van der Waals surface area contributed by atoms with Crippen LogP contribution in [0.5, 0.6) is 0 Å². The summed E-state index contributed by atoms with van der Waals surface area (Å²) in [5.41, 5.74) is 1.88. The van der Waals surface area contributed by atoms with Gasteiger partial charge < -0.3 is 10.3 Å². The van der Waals surface area contributed by atoms with Gasteiger partial charge in [0.1, 0.15) is 5.52 Å². The third kappa shape index (κ3) is 3.36. The second kappa shape index (κ2) is 6.78. The number of aryl methyl sites for hydroxylation is 1. The van der Waals surface area contributed by atoms with Crippen molar-refractivity contribution in [2.24, 2.45) is 0 Å². The van der Waals surface area contributed by atoms with Crippen LogP contribution in [0.3, 0.4) is 0 Å². The Balaban J connectivity index is 1.86. The highest BCUT2D eigenvalue weighted by Crippen LogP contribution is 2.21. The lowest BCUT2D eigenvalue weighted by atomic mass is 10.3. The minimum Gasteiger partial charge on any atom is -0.353 e. The fourth-order valence-corrected chi connectivity index (χ4v) is 3.79. The fraction of sp³-hybridized carbons (Fsp3) is 0.333. The van der Waals surface area contributed by atoms with Crippen LogP contribution in [0.15, 0.2) is 27.6 Å². The summed E-state index contributed by atoms with van der Waals surface area (Å²) in [6, 6.07) is 1.78. The molecule has 0 saturated heterocycles.